The summed E-state index contributed by atoms with van der Waals surface area (Å²) in [5, 5.41) is 0. The Hall–Kier alpha value is -2.16. The van der Waals surface area contributed by atoms with Crippen LogP contribution in [-0.4, -0.2) is 18.6 Å². The van der Waals surface area contributed by atoms with Crippen LogP contribution in [-0.2, 0) is 10.0 Å². The number of rotatable bonds is 4. The number of hydrogen-bond donors (Lipinski definition) is 1. The zero-order valence-corrected chi connectivity index (χ0v) is 19.4. The number of sulfonamides is 1. The predicted molar refractivity (Wildman–Crippen MR) is 120 cm³/mol. The summed E-state index contributed by atoms with van der Waals surface area (Å²) < 4.78 is 37.8. The van der Waals surface area contributed by atoms with Crippen LogP contribution in [0.5, 0.6) is 5.75 Å². The van der Waals surface area contributed by atoms with Crippen LogP contribution in [0.2, 0.25) is 0 Å². The molecule has 2 heterocycles. The Balaban J connectivity index is 1.73. The summed E-state index contributed by atoms with van der Waals surface area (Å²) in [6, 6.07) is 10.3. The first-order valence-electron chi connectivity index (χ1n) is 9.94. The van der Waals surface area contributed by atoms with Gasteiger partial charge in [-0.2, -0.15) is 0 Å². The van der Waals surface area contributed by atoms with E-state index in [-0.39, 0.29) is 15.8 Å². The Morgan fingerprint density at radius 3 is 2.63 bits per heavy atom. The molecule has 1 aromatic heterocycles. The van der Waals surface area contributed by atoms with Crippen LogP contribution in [0, 0.1) is 6.92 Å². The quantitative estimate of drug-likeness (QED) is 0.639. The number of thiazole rings is 1. The van der Waals surface area contributed by atoms with Crippen molar-refractivity contribution in [2.75, 3.05) is 0 Å². The first-order valence-corrected chi connectivity index (χ1v) is 12.2. The maximum absolute atomic E-state index is 13.2. The van der Waals surface area contributed by atoms with Crippen LogP contribution in [0.25, 0.3) is 10.2 Å². The molecule has 1 N–H and O–H groups in total. The number of fused-ring (bicyclic) bond motifs is 2. The largest absolute Gasteiger partial charge is 0.487 e. The number of aryl methyl sites for hydroxylation is 1. The van der Waals surface area contributed by atoms with E-state index in [0.717, 1.165) is 28.0 Å². The molecule has 0 bridgehead atoms. The van der Waals surface area contributed by atoms with Crippen LogP contribution in [0.15, 0.2) is 46.1 Å². The highest BCUT2D eigenvalue weighted by Gasteiger charge is 2.36. The number of nitrogens with zero attached hydrogens (tertiary/aromatic N) is 1. The highest BCUT2D eigenvalue weighted by atomic mass is 32.2. The monoisotopic (exact) mass is 446 g/mol. The van der Waals surface area contributed by atoms with E-state index in [2.05, 4.69) is 4.72 Å². The lowest BCUT2D eigenvalue weighted by molar-refractivity contribution is 0.0701. The molecule has 2 aromatic carbocycles. The zero-order chi connectivity index (χ0) is 21.8. The molecular formula is C22H26N2O4S2. The molecule has 3 aromatic rings. The Morgan fingerprint density at radius 1 is 1.20 bits per heavy atom. The maximum Gasteiger partial charge on any atom is 0.308 e. The maximum atomic E-state index is 13.2. The average Bonchev–Trinajstić information content (AvgIpc) is 2.96. The Bertz CT molecular complexity index is 1290. The number of benzene rings is 2. The molecule has 160 valence electrons. The van der Waals surface area contributed by atoms with Gasteiger partial charge in [0.1, 0.15) is 11.4 Å². The lowest BCUT2D eigenvalue weighted by Gasteiger charge is -2.38. The van der Waals surface area contributed by atoms with Gasteiger partial charge in [0.15, 0.2) is 0 Å². The van der Waals surface area contributed by atoms with E-state index in [1.165, 1.54) is 0 Å². The summed E-state index contributed by atoms with van der Waals surface area (Å²) in [4.78, 5) is 12.4. The fourth-order valence-electron chi connectivity index (χ4n) is 4.01. The van der Waals surface area contributed by atoms with Crippen molar-refractivity contribution in [1.82, 2.24) is 9.29 Å². The minimum atomic E-state index is -3.79. The van der Waals surface area contributed by atoms with Gasteiger partial charge in [-0.1, -0.05) is 29.0 Å². The summed E-state index contributed by atoms with van der Waals surface area (Å²) in [5.41, 5.74) is 2.15. The molecule has 0 saturated carbocycles. The molecule has 0 fully saturated rings. The standard InChI is InChI=1S/C22H26N2O4S2/c1-13(2)24-18-8-7-15(11-20(18)29-21(24)25)30(26,27)23-17-12-22(4,5)28-19-9-6-14(3)10-16(17)19/h6-11,13,17,23H,12H2,1-5H3/t17-/m0/s1. The summed E-state index contributed by atoms with van der Waals surface area (Å²) in [6.07, 6.45) is 0.516. The third-order valence-corrected chi connectivity index (χ3v) is 7.72. The second kappa shape index (κ2) is 7.21. The van der Waals surface area contributed by atoms with Crippen molar-refractivity contribution in [3.63, 3.8) is 0 Å². The van der Waals surface area contributed by atoms with E-state index < -0.39 is 21.7 Å². The Labute approximate surface area is 180 Å². The third-order valence-electron chi connectivity index (χ3n) is 5.33. The van der Waals surface area contributed by atoms with E-state index in [1.54, 1.807) is 22.8 Å². The lowest BCUT2D eigenvalue weighted by atomic mass is 9.89. The number of ether oxygens (including phenoxy) is 1. The minimum Gasteiger partial charge on any atom is -0.487 e. The topological polar surface area (TPSA) is 77.4 Å². The summed E-state index contributed by atoms with van der Waals surface area (Å²) in [7, 11) is -3.79. The van der Waals surface area contributed by atoms with Crippen LogP contribution in [0.3, 0.4) is 0 Å². The van der Waals surface area contributed by atoms with E-state index in [4.69, 9.17) is 4.74 Å². The minimum absolute atomic E-state index is 0.0102. The molecule has 4 rings (SSSR count). The number of nitrogens with one attached hydrogen (secondary N) is 1. The molecule has 0 spiro atoms. The normalized spacial score (nSPS) is 18.4. The van der Waals surface area contributed by atoms with Crippen LogP contribution < -0.4 is 14.3 Å². The molecule has 0 saturated heterocycles. The van der Waals surface area contributed by atoms with Crippen molar-refractivity contribution in [2.24, 2.45) is 0 Å². The molecule has 0 amide bonds. The van der Waals surface area contributed by atoms with Crippen molar-refractivity contribution in [3.8, 4) is 5.75 Å². The average molecular weight is 447 g/mol. The second-order valence-corrected chi connectivity index (χ2v) is 11.4. The molecule has 0 radical (unpaired) electrons. The van der Waals surface area contributed by atoms with Gasteiger partial charge in [-0.05, 0) is 58.9 Å². The Kier molecular flexibility index (Phi) is 5.07. The fourth-order valence-corrected chi connectivity index (χ4v) is 6.38. The summed E-state index contributed by atoms with van der Waals surface area (Å²) in [5.74, 6) is 0.701. The summed E-state index contributed by atoms with van der Waals surface area (Å²) in [6.45, 7) is 9.75. The molecular weight excluding hydrogens is 420 g/mol. The van der Waals surface area contributed by atoms with Gasteiger partial charge in [0.2, 0.25) is 10.0 Å². The second-order valence-electron chi connectivity index (χ2n) is 8.74. The van der Waals surface area contributed by atoms with Gasteiger partial charge in [-0.3, -0.25) is 9.36 Å². The number of hydrogen-bond acceptors (Lipinski definition) is 5. The van der Waals surface area contributed by atoms with Crippen molar-refractivity contribution < 1.29 is 13.2 Å². The van der Waals surface area contributed by atoms with Gasteiger partial charge in [-0.15, -0.1) is 0 Å². The van der Waals surface area contributed by atoms with Crippen molar-refractivity contribution >= 4 is 31.6 Å². The molecule has 0 aliphatic carbocycles. The van der Waals surface area contributed by atoms with Gasteiger partial charge < -0.3 is 4.74 Å². The van der Waals surface area contributed by atoms with Crippen LogP contribution in [0.4, 0.5) is 0 Å². The molecule has 6 nitrogen and oxygen atoms in total. The van der Waals surface area contributed by atoms with Crippen molar-refractivity contribution in [2.45, 2.75) is 63.6 Å². The third kappa shape index (κ3) is 3.79. The molecule has 1 aliphatic rings. The van der Waals surface area contributed by atoms with Gasteiger partial charge in [0.25, 0.3) is 0 Å². The van der Waals surface area contributed by atoms with Crippen LogP contribution >= 0.6 is 11.3 Å². The van der Waals surface area contributed by atoms with Gasteiger partial charge in [-0.25, -0.2) is 13.1 Å². The highest BCUT2D eigenvalue weighted by Crippen LogP contribution is 2.40. The van der Waals surface area contributed by atoms with E-state index >= 15 is 0 Å². The van der Waals surface area contributed by atoms with Gasteiger partial charge >= 0.3 is 4.87 Å². The molecule has 1 atom stereocenters. The highest BCUT2D eigenvalue weighted by molar-refractivity contribution is 7.89. The smallest absolute Gasteiger partial charge is 0.308 e. The first kappa shape index (κ1) is 21.1. The zero-order valence-electron chi connectivity index (χ0n) is 17.7. The lowest BCUT2D eigenvalue weighted by Crippen LogP contribution is -2.41. The molecule has 8 heteroatoms. The molecule has 30 heavy (non-hydrogen) atoms. The molecule has 1 aliphatic heterocycles. The van der Waals surface area contributed by atoms with E-state index in [9.17, 15) is 13.2 Å². The van der Waals surface area contributed by atoms with E-state index in [1.807, 2.05) is 52.8 Å². The Morgan fingerprint density at radius 2 is 1.93 bits per heavy atom. The van der Waals surface area contributed by atoms with Gasteiger partial charge in [0.05, 0.1) is 21.2 Å². The fraction of sp³-hybridized carbons (Fsp3) is 0.409. The van der Waals surface area contributed by atoms with Crippen LogP contribution in [0.1, 0.15) is 57.3 Å². The van der Waals surface area contributed by atoms with Gasteiger partial charge in [0, 0.05) is 18.0 Å². The van der Waals surface area contributed by atoms with Crippen molar-refractivity contribution in [1.29, 1.82) is 0 Å². The number of aromatic nitrogens is 1. The molecule has 0 unspecified atom stereocenters. The summed E-state index contributed by atoms with van der Waals surface area (Å²) >= 11 is 1.07. The van der Waals surface area contributed by atoms with Crippen molar-refractivity contribution in [3.05, 3.63) is 57.2 Å². The SMILES string of the molecule is Cc1ccc2c(c1)[C@@H](NS(=O)(=O)c1ccc3c(c1)sc(=O)n3C(C)C)CC(C)(C)O2. The first-order chi connectivity index (χ1) is 14.0. The predicted octanol–water partition coefficient (Wildman–Crippen LogP) is 4.53. The van der Waals surface area contributed by atoms with E-state index in [0.29, 0.717) is 16.9 Å².